The van der Waals surface area contributed by atoms with E-state index < -0.39 is 6.09 Å². The molecule has 126 valence electrons. The van der Waals surface area contributed by atoms with E-state index in [0.717, 1.165) is 11.1 Å². The average molecular weight is 325 g/mol. The van der Waals surface area contributed by atoms with Crippen molar-refractivity contribution in [3.8, 4) is 0 Å². The minimum atomic E-state index is -0.599. The van der Waals surface area contributed by atoms with Crippen LogP contribution in [0.1, 0.15) is 42.3 Å². The summed E-state index contributed by atoms with van der Waals surface area (Å²) in [7, 11) is 0. The van der Waals surface area contributed by atoms with Gasteiger partial charge in [-0.25, -0.2) is 4.79 Å². The molecule has 4 heteroatoms. The van der Waals surface area contributed by atoms with Crippen molar-refractivity contribution in [1.29, 1.82) is 0 Å². The number of nitrogens with one attached hydrogen (secondary N) is 1. The highest BCUT2D eigenvalue weighted by Crippen LogP contribution is 2.22. The minimum Gasteiger partial charge on any atom is -0.445 e. The predicted octanol–water partition coefficient (Wildman–Crippen LogP) is 4.09. The first kappa shape index (κ1) is 17.7. The van der Waals surface area contributed by atoms with Crippen molar-refractivity contribution in [1.82, 2.24) is 5.32 Å². The van der Waals surface area contributed by atoms with E-state index in [0.29, 0.717) is 5.56 Å². The standard InChI is InChI=1S/C20H23NO3/c1-20(2,3)17-11-9-16(10-12-17)18(22)13-21-19(23)24-14-15-7-5-4-6-8-15/h4-12H,13-14H2,1-3H3,(H,21,23). The Labute approximate surface area is 142 Å². The van der Waals surface area contributed by atoms with Crippen molar-refractivity contribution in [2.45, 2.75) is 32.8 Å². The zero-order valence-corrected chi connectivity index (χ0v) is 14.3. The maximum atomic E-state index is 12.1. The van der Waals surface area contributed by atoms with Crippen LogP contribution in [0.5, 0.6) is 0 Å². The van der Waals surface area contributed by atoms with Gasteiger partial charge in [0.15, 0.2) is 5.78 Å². The highest BCUT2D eigenvalue weighted by molar-refractivity contribution is 5.98. The Kier molecular flexibility index (Phi) is 5.74. The maximum absolute atomic E-state index is 12.1. The SMILES string of the molecule is CC(C)(C)c1ccc(C(=O)CNC(=O)OCc2ccccc2)cc1. The van der Waals surface area contributed by atoms with E-state index in [2.05, 4.69) is 26.1 Å². The molecule has 0 heterocycles. The quantitative estimate of drug-likeness (QED) is 0.842. The summed E-state index contributed by atoms with van der Waals surface area (Å²) in [6.45, 7) is 6.46. The molecule has 24 heavy (non-hydrogen) atoms. The van der Waals surface area contributed by atoms with E-state index in [1.54, 1.807) is 12.1 Å². The highest BCUT2D eigenvalue weighted by Gasteiger charge is 2.14. The molecule has 0 unspecified atom stereocenters. The summed E-state index contributed by atoms with van der Waals surface area (Å²) in [6.07, 6.45) is -0.599. The molecule has 0 saturated carbocycles. The molecule has 0 spiro atoms. The fourth-order valence-corrected chi connectivity index (χ4v) is 2.18. The second-order valence-corrected chi connectivity index (χ2v) is 6.67. The molecule has 4 nitrogen and oxygen atoms in total. The van der Waals surface area contributed by atoms with Crippen molar-refractivity contribution in [2.75, 3.05) is 6.54 Å². The van der Waals surface area contributed by atoms with Crippen LogP contribution in [0.15, 0.2) is 54.6 Å². The number of carbonyl (C=O) groups is 2. The van der Waals surface area contributed by atoms with Crippen molar-refractivity contribution in [3.05, 3.63) is 71.3 Å². The van der Waals surface area contributed by atoms with E-state index >= 15 is 0 Å². The van der Waals surface area contributed by atoms with Crippen LogP contribution in [0.2, 0.25) is 0 Å². The van der Waals surface area contributed by atoms with Crippen molar-refractivity contribution in [3.63, 3.8) is 0 Å². The Morgan fingerprint density at radius 3 is 2.17 bits per heavy atom. The minimum absolute atomic E-state index is 0.0427. The fraction of sp³-hybridized carbons (Fsp3) is 0.300. The topological polar surface area (TPSA) is 55.4 Å². The maximum Gasteiger partial charge on any atom is 0.407 e. The Morgan fingerprint density at radius 2 is 1.58 bits per heavy atom. The molecule has 0 aliphatic heterocycles. The van der Waals surface area contributed by atoms with Crippen LogP contribution in [0.4, 0.5) is 4.79 Å². The summed E-state index contributed by atoms with van der Waals surface area (Å²) in [5.41, 5.74) is 2.68. The molecule has 0 atom stereocenters. The Bertz CT molecular complexity index is 685. The van der Waals surface area contributed by atoms with Crippen molar-refractivity contribution in [2.24, 2.45) is 0 Å². The Balaban J connectivity index is 1.81. The zero-order chi connectivity index (χ0) is 17.6. The predicted molar refractivity (Wildman–Crippen MR) is 94.1 cm³/mol. The van der Waals surface area contributed by atoms with E-state index in [4.69, 9.17) is 4.74 Å². The molecule has 2 aromatic rings. The fourth-order valence-electron chi connectivity index (χ4n) is 2.18. The molecular weight excluding hydrogens is 302 g/mol. The third-order valence-electron chi connectivity index (χ3n) is 3.68. The van der Waals surface area contributed by atoms with E-state index in [9.17, 15) is 9.59 Å². The first-order chi connectivity index (χ1) is 11.4. The summed E-state index contributed by atoms with van der Waals surface area (Å²) in [4.78, 5) is 23.8. The molecule has 0 radical (unpaired) electrons. The third-order valence-corrected chi connectivity index (χ3v) is 3.68. The number of alkyl carbamates (subject to hydrolysis) is 1. The largest absolute Gasteiger partial charge is 0.445 e. The summed E-state index contributed by atoms with van der Waals surface area (Å²) in [5.74, 6) is -0.146. The molecule has 1 amide bonds. The number of hydrogen-bond acceptors (Lipinski definition) is 3. The Hall–Kier alpha value is -2.62. The smallest absolute Gasteiger partial charge is 0.407 e. The van der Waals surface area contributed by atoms with Gasteiger partial charge in [0.2, 0.25) is 0 Å². The summed E-state index contributed by atoms with van der Waals surface area (Å²) in [5, 5.41) is 2.49. The van der Waals surface area contributed by atoms with Crippen LogP contribution in [0.3, 0.4) is 0 Å². The summed E-state index contributed by atoms with van der Waals surface area (Å²) in [6, 6.07) is 16.9. The number of rotatable bonds is 5. The molecule has 0 aliphatic carbocycles. The van der Waals surface area contributed by atoms with Gasteiger partial charge in [-0.15, -0.1) is 0 Å². The van der Waals surface area contributed by atoms with Gasteiger partial charge in [0.1, 0.15) is 6.61 Å². The number of ether oxygens (including phenoxy) is 1. The molecule has 0 aliphatic rings. The van der Waals surface area contributed by atoms with Gasteiger partial charge in [-0.1, -0.05) is 75.4 Å². The second-order valence-electron chi connectivity index (χ2n) is 6.67. The van der Waals surface area contributed by atoms with Gasteiger partial charge in [-0.2, -0.15) is 0 Å². The second kappa shape index (κ2) is 7.77. The van der Waals surface area contributed by atoms with E-state index in [1.807, 2.05) is 42.5 Å². The lowest BCUT2D eigenvalue weighted by atomic mass is 9.86. The molecule has 0 saturated heterocycles. The highest BCUT2D eigenvalue weighted by atomic mass is 16.5. The van der Waals surface area contributed by atoms with Crippen LogP contribution < -0.4 is 5.32 Å². The van der Waals surface area contributed by atoms with Crippen molar-refractivity contribution >= 4 is 11.9 Å². The van der Waals surface area contributed by atoms with Gasteiger partial charge < -0.3 is 10.1 Å². The van der Waals surface area contributed by atoms with Gasteiger partial charge in [0, 0.05) is 5.56 Å². The third kappa shape index (κ3) is 5.23. The lowest BCUT2D eigenvalue weighted by molar-refractivity contribution is 0.0974. The summed E-state index contributed by atoms with van der Waals surface area (Å²) >= 11 is 0. The molecular formula is C20H23NO3. The average Bonchev–Trinajstić information content (AvgIpc) is 2.58. The lowest BCUT2D eigenvalue weighted by Gasteiger charge is -2.19. The molecule has 0 bridgehead atoms. The molecule has 2 rings (SSSR count). The molecule has 1 N–H and O–H groups in total. The number of ketones is 1. The zero-order valence-electron chi connectivity index (χ0n) is 14.3. The number of amides is 1. The van der Waals surface area contributed by atoms with Crippen LogP contribution in [-0.2, 0) is 16.8 Å². The number of benzene rings is 2. The molecule has 0 aromatic heterocycles. The van der Waals surface area contributed by atoms with Crippen molar-refractivity contribution < 1.29 is 14.3 Å². The first-order valence-corrected chi connectivity index (χ1v) is 7.94. The van der Waals surface area contributed by atoms with Gasteiger partial charge in [0.05, 0.1) is 6.54 Å². The number of carbonyl (C=O) groups excluding carboxylic acids is 2. The van der Waals surface area contributed by atoms with Crippen LogP contribution in [-0.4, -0.2) is 18.4 Å². The summed E-state index contributed by atoms with van der Waals surface area (Å²) < 4.78 is 5.08. The normalized spacial score (nSPS) is 11.0. The molecule has 2 aromatic carbocycles. The molecule has 0 fully saturated rings. The van der Waals surface area contributed by atoms with Gasteiger partial charge in [0.25, 0.3) is 0 Å². The van der Waals surface area contributed by atoms with E-state index in [1.165, 1.54) is 0 Å². The van der Waals surface area contributed by atoms with Crippen LogP contribution >= 0.6 is 0 Å². The van der Waals surface area contributed by atoms with Gasteiger partial charge >= 0.3 is 6.09 Å². The van der Waals surface area contributed by atoms with Crippen LogP contribution in [0.25, 0.3) is 0 Å². The lowest BCUT2D eigenvalue weighted by Crippen LogP contribution is -2.30. The van der Waals surface area contributed by atoms with Gasteiger partial charge in [-0.05, 0) is 16.5 Å². The van der Waals surface area contributed by atoms with Gasteiger partial charge in [-0.3, -0.25) is 4.79 Å². The first-order valence-electron chi connectivity index (χ1n) is 7.94. The van der Waals surface area contributed by atoms with Crippen LogP contribution in [0, 0.1) is 0 Å². The number of hydrogen-bond donors (Lipinski definition) is 1. The number of Topliss-reactive ketones (excluding diaryl/α,β-unsaturated/α-hetero) is 1. The monoisotopic (exact) mass is 325 g/mol. The van der Waals surface area contributed by atoms with E-state index in [-0.39, 0.29) is 24.3 Å². The Morgan fingerprint density at radius 1 is 0.958 bits per heavy atom.